The second-order valence-corrected chi connectivity index (χ2v) is 4.82. The molecular formula is C14H22N4O3. The maximum absolute atomic E-state index is 12.7. The van der Waals surface area contributed by atoms with Gasteiger partial charge >= 0.3 is 5.69 Å². The van der Waals surface area contributed by atoms with Crippen molar-refractivity contribution in [1.82, 2.24) is 18.7 Å². The molecule has 2 aromatic heterocycles. The van der Waals surface area contributed by atoms with Crippen molar-refractivity contribution in [2.75, 3.05) is 0 Å². The molecule has 1 N–H and O–H groups in total. The first-order valence-electron chi connectivity index (χ1n) is 9.48. The number of aliphatic hydroxyl groups is 1. The molecule has 116 valence electrons. The molecule has 0 saturated carbocycles. The Morgan fingerprint density at radius 3 is 2.76 bits per heavy atom. The molecule has 2 rings (SSSR count). The van der Waals surface area contributed by atoms with Crippen molar-refractivity contribution in [3.63, 3.8) is 0 Å². The maximum atomic E-state index is 12.7. The average molecular weight is 300 g/mol. The highest BCUT2D eigenvalue weighted by Gasteiger charge is 2.16. The summed E-state index contributed by atoms with van der Waals surface area (Å²) in [6, 6.07) is 0. The van der Waals surface area contributed by atoms with Gasteiger partial charge in [0.15, 0.2) is 11.2 Å². The molecule has 0 fully saturated rings. The van der Waals surface area contributed by atoms with Gasteiger partial charge in [0.05, 0.1) is 7.45 Å². The Bertz CT molecular complexity index is 986. The molecule has 7 nitrogen and oxygen atoms in total. The van der Waals surface area contributed by atoms with E-state index in [1.165, 1.54) is 11.6 Å². The minimum atomic E-state index is -3.31. The second kappa shape index (κ2) is 5.85. The quantitative estimate of drug-likeness (QED) is 0.860. The number of hydrogen-bond acceptors (Lipinski definition) is 4. The second-order valence-electron chi connectivity index (χ2n) is 4.82. The van der Waals surface area contributed by atoms with Crippen LogP contribution in [0.3, 0.4) is 0 Å². The molecule has 0 saturated heterocycles. The Kier molecular flexibility index (Phi) is 2.56. The summed E-state index contributed by atoms with van der Waals surface area (Å²) < 4.78 is 48.1. The number of imidazole rings is 1. The molecule has 21 heavy (non-hydrogen) atoms. The third-order valence-electron chi connectivity index (χ3n) is 3.43. The predicted octanol–water partition coefficient (Wildman–Crippen LogP) is 0.293. The molecular weight excluding hydrogens is 272 g/mol. The first kappa shape index (κ1) is 9.19. The fourth-order valence-electron chi connectivity index (χ4n) is 2.19. The summed E-state index contributed by atoms with van der Waals surface area (Å²) in [5.74, 6) is 0.545. The van der Waals surface area contributed by atoms with Gasteiger partial charge in [-0.25, -0.2) is 9.78 Å². The largest absolute Gasteiger partial charge is 0.393 e. The zero-order chi connectivity index (χ0) is 20.9. The molecule has 0 aromatic carbocycles. The van der Waals surface area contributed by atoms with Crippen LogP contribution in [0.25, 0.3) is 11.2 Å². The van der Waals surface area contributed by atoms with Crippen LogP contribution in [0.4, 0.5) is 0 Å². The van der Waals surface area contributed by atoms with Gasteiger partial charge in [-0.2, -0.15) is 0 Å². The van der Waals surface area contributed by atoms with Crippen LogP contribution < -0.4 is 11.2 Å². The minimum Gasteiger partial charge on any atom is -0.393 e. The molecule has 7 heteroatoms. The molecule has 2 aromatic rings. The lowest BCUT2D eigenvalue weighted by Gasteiger charge is -2.09. The number of aromatic nitrogens is 4. The van der Waals surface area contributed by atoms with Crippen LogP contribution in [0.5, 0.6) is 0 Å². The summed E-state index contributed by atoms with van der Waals surface area (Å²) in [5.41, 5.74) is -0.770. The monoisotopic (exact) mass is 300 g/mol. The van der Waals surface area contributed by atoms with Crippen molar-refractivity contribution in [3.05, 3.63) is 26.7 Å². The van der Waals surface area contributed by atoms with Crippen molar-refractivity contribution in [3.8, 4) is 0 Å². The number of hydrogen-bond donors (Lipinski definition) is 1. The average Bonchev–Trinajstić information content (AvgIpc) is 2.83. The van der Waals surface area contributed by atoms with Gasteiger partial charge in [0.25, 0.3) is 5.56 Å². The summed E-state index contributed by atoms with van der Waals surface area (Å²) in [6.07, 6.45) is -6.72. The summed E-state index contributed by atoms with van der Waals surface area (Å²) in [7, 11) is 3.10. The van der Waals surface area contributed by atoms with Crippen molar-refractivity contribution < 1.29 is 13.3 Å². The Morgan fingerprint density at radius 2 is 2.10 bits per heavy atom. The molecule has 2 heterocycles. The van der Waals surface area contributed by atoms with Crippen molar-refractivity contribution in [2.45, 2.75) is 45.6 Å². The lowest BCUT2D eigenvalue weighted by atomic mass is 10.2. The zero-order valence-electron chi connectivity index (χ0n) is 18.2. The van der Waals surface area contributed by atoms with Gasteiger partial charge in [0.2, 0.25) is 0 Å². The third-order valence-corrected chi connectivity index (χ3v) is 3.43. The van der Waals surface area contributed by atoms with E-state index in [0.717, 1.165) is 4.57 Å². The van der Waals surface area contributed by atoms with E-state index in [2.05, 4.69) is 4.98 Å². The first-order chi connectivity index (χ1) is 12.1. The maximum Gasteiger partial charge on any atom is 0.332 e. The first-order valence-corrected chi connectivity index (χ1v) is 6.48. The third kappa shape index (κ3) is 2.78. The highest BCUT2D eigenvalue weighted by atomic mass is 16.3. The van der Waals surface area contributed by atoms with Gasteiger partial charge in [-0.05, 0) is 33.0 Å². The fraction of sp³-hybridized carbons (Fsp3) is 0.643. The van der Waals surface area contributed by atoms with Gasteiger partial charge in [0.1, 0.15) is 5.82 Å². The lowest BCUT2D eigenvalue weighted by molar-refractivity contribution is 0.180. The van der Waals surface area contributed by atoms with Gasteiger partial charge in [-0.3, -0.25) is 13.9 Å². The molecule has 0 aliphatic carbocycles. The van der Waals surface area contributed by atoms with Gasteiger partial charge in [-0.15, -0.1) is 0 Å². The summed E-state index contributed by atoms with van der Waals surface area (Å²) >= 11 is 0. The standard InChI is InChI=1S/C14H22N4O3/c1-9(19)7-5-6-8-18-13(20)11-12(17(4)14(18)21)15-10(2)16(11)3/h9,19H,5-8H2,1-4H3/t9-/m0/s1/i1D3,7D2,9D. The van der Waals surface area contributed by atoms with Gasteiger partial charge in [-0.1, -0.05) is 0 Å². The zero-order valence-corrected chi connectivity index (χ0v) is 12.2. The van der Waals surface area contributed by atoms with E-state index in [-0.39, 0.29) is 24.1 Å². The van der Waals surface area contributed by atoms with Crippen LogP contribution in [0.15, 0.2) is 9.59 Å². The van der Waals surface area contributed by atoms with Gasteiger partial charge in [0, 0.05) is 27.5 Å². The summed E-state index contributed by atoms with van der Waals surface area (Å²) in [5, 5.41) is 9.79. The van der Waals surface area contributed by atoms with E-state index in [9.17, 15) is 14.7 Å². The number of nitrogens with zero attached hydrogens (tertiary/aromatic N) is 4. The molecule has 0 unspecified atom stereocenters. The van der Waals surface area contributed by atoms with E-state index in [4.69, 9.17) is 8.22 Å². The normalized spacial score (nSPS) is 20.0. The molecule has 0 spiro atoms. The molecule has 0 aliphatic heterocycles. The van der Waals surface area contributed by atoms with E-state index in [1.54, 1.807) is 18.5 Å². The molecule has 0 amide bonds. The van der Waals surface area contributed by atoms with Crippen LogP contribution in [0, 0.1) is 6.92 Å². The highest BCUT2D eigenvalue weighted by molar-refractivity contribution is 5.70. The van der Waals surface area contributed by atoms with E-state index in [1.807, 2.05) is 0 Å². The van der Waals surface area contributed by atoms with Crippen LogP contribution in [-0.2, 0) is 20.6 Å². The van der Waals surface area contributed by atoms with Gasteiger partial charge < -0.3 is 9.67 Å². The van der Waals surface area contributed by atoms with E-state index in [0.29, 0.717) is 5.82 Å². The Hall–Kier alpha value is -1.89. The van der Waals surface area contributed by atoms with E-state index < -0.39 is 37.0 Å². The number of aryl methyl sites for hydroxylation is 3. The highest BCUT2D eigenvalue weighted by Crippen LogP contribution is 2.08. The van der Waals surface area contributed by atoms with Crippen LogP contribution >= 0.6 is 0 Å². The summed E-state index contributed by atoms with van der Waals surface area (Å²) in [6.45, 7) is -1.75. The smallest absolute Gasteiger partial charge is 0.332 e. The fourth-order valence-corrected chi connectivity index (χ4v) is 2.19. The van der Waals surface area contributed by atoms with Crippen molar-refractivity contribution in [2.24, 2.45) is 14.1 Å². The van der Waals surface area contributed by atoms with Crippen LogP contribution in [0.1, 0.15) is 40.1 Å². The number of fused-ring (bicyclic) bond motifs is 1. The Labute approximate surface area is 130 Å². The topological polar surface area (TPSA) is 82.1 Å². The SMILES string of the molecule is [2H]C([2H])([2H])[C@]([2H])(O)C([2H])([2H])CCCn1c(=O)c2c(nc(C)n2C)n(C)c1=O. The Morgan fingerprint density at radius 1 is 1.38 bits per heavy atom. The lowest BCUT2D eigenvalue weighted by Crippen LogP contribution is -2.39. The van der Waals surface area contributed by atoms with Crippen molar-refractivity contribution in [1.29, 1.82) is 0 Å². The molecule has 0 radical (unpaired) electrons. The van der Waals surface area contributed by atoms with E-state index >= 15 is 0 Å². The minimum absolute atomic E-state index is 0.123. The molecule has 0 bridgehead atoms. The Balaban J connectivity index is 2.35. The van der Waals surface area contributed by atoms with Crippen LogP contribution in [0.2, 0.25) is 0 Å². The van der Waals surface area contributed by atoms with Crippen LogP contribution in [-0.4, -0.2) is 29.9 Å². The summed E-state index contributed by atoms with van der Waals surface area (Å²) in [4.78, 5) is 29.3. The molecule has 1 atom stereocenters. The number of rotatable bonds is 5. The van der Waals surface area contributed by atoms with Crippen molar-refractivity contribution >= 4 is 11.2 Å². The molecule has 0 aliphatic rings. The predicted molar refractivity (Wildman–Crippen MR) is 80.5 cm³/mol.